The first-order valence-corrected chi connectivity index (χ1v) is 9.17. The van der Waals surface area contributed by atoms with Crippen LogP contribution in [0.1, 0.15) is 40.9 Å². The van der Waals surface area contributed by atoms with Crippen molar-refractivity contribution in [2.75, 3.05) is 0 Å². The van der Waals surface area contributed by atoms with E-state index in [1.54, 1.807) is 6.07 Å². The average Bonchev–Trinajstić information content (AvgIpc) is 3.15. The molecule has 0 unspecified atom stereocenters. The minimum absolute atomic E-state index is 0.0927. The zero-order valence-electron chi connectivity index (χ0n) is 15.0. The van der Waals surface area contributed by atoms with Gasteiger partial charge in [-0.3, -0.25) is 0 Å². The van der Waals surface area contributed by atoms with Crippen molar-refractivity contribution >= 4 is 5.71 Å². The lowest BCUT2D eigenvalue weighted by molar-refractivity contribution is -0.0190. The summed E-state index contributed by atoms with van der Waals surface area (Å²) in [5.41, 5.74) is 4.99. The van der Waals surface area contributed by atoms with E-state index in [1.165, 1.54) is 0 Å². The van der Waals surface area contributed by atoms with Gasteiger partial charge in [0.1, 0.15) is 11.5 Å². The number of fused-ring (bicyclic) bond motifs is 3. The Morgan fingerprint density at radius 1 is 1.00 bits per heavy atom. The molecule has 134 valence electrons. The molecule has 2 aliphatic heterocycles. The second kappa shape index (κ2) is 6.16. The first-order valence-electron chi connectivity index (χ1n) is 9.17. The highest BCUT2D eigenvalue weighted by Crippen LogP contribution is 2.47. The number of para-hydroxylation sites is 1. The van der Waals surface area contributed by atoms with Crippen molar-refractivity contribution in [3.63, 3.8) is 0 Å². The van der Waals surface area contributed by atoms with E-state index in [-0.39, 0.29) is 18.0 Å². The SMILES string of the molecule is Cc1ccc(O)c(C2=NN3[C@H](C2)c2ccccc2O[C@H]3c2ccccc2)c1. The Bertz CT molecular complexity index is 1030. The number of benzene rings is 3. The molecule has 1 N–H and O–H groups in total. The highest BCUT2D eigenvalue weighted by atomic mass is 16.5. The molecular weight excluding hydrogens is 336 g/mol. The summed E-state index contributed by atoms with van der Waals surface area (Å²) in [6, 6.07) is 24.0. The van der Waals surface area contributed by atoms with Crippen LogP contribution in [0.4, 0.5) is 0 Å². The number of hydrazone groups is 1. The summed E-state index contributed by atoms with van der Waals surface area (Å²) in [7, 11) is 0. The van der Waals surface area contributed by atoms with Gasteiger partial charge in [0.2, 0.25) is 6.23 Å². The van der Waals surface area contributed by atoms with Gasteiger partial charge in [0.25, 0.3) is 0 Å². The largest absolute Gasteiger partial charge is 0.507 e. The summed E-state index contributed by atoms with van der Waals surface area (Å²) in [5, 5.41) is 17.3. The fourth-order valence-corrected chi connectivity index (χ4v) is 3.92. The van der Waals surface area contributed by atoms with Crippen LogP contribution in [0.3, 0.4) is 0 Å². The highest BCUT2D eigenvalue weighted by molar-refractivity contribution is 6.04. The Balaban J connectivity index is 1.62. The predicted molar refractivity (Wildman–Crippen MR) is 105 cm³/mol. The van der Waals surface area contributed by atoms with Crippen LogP contribution in [0.25, 0.3) is 0 Å². The Kier molecular flexibility index (Phi) is 3.64. The van der Waals surface area contributed by atoms with Crippen molar-refractivity contribution in [3.05, 3.63) is 95.1 Å². The number of phenolic OH excluding ortho intramolecular Hbond substituents is 1. The van der Waals surface area contributed by atoms with Crippen LogP contribution in [0, 0.1) is 6.92 Å². The van der Waals surface area contributed by atoms with Gasteiger partial charge in [0.15, 0.2) is 0 Å². The third-order valence-electron chi connectivity index (χ3n) is 5.25. The molecule has 2 heterocycles. The van der Waals surface area contributed by atoms with E-state index >= 15 is 0 Å². The van der Waals surface area contributed by atoms with E-state index in [0.717, 1.165) is 40.1 Å². The molecule has 0 bridgehead atoms. The lowest BCUT2D eigenvalue weighted by Crippen LogP contribution is -2.33. The minimum Gasteiger partial charge on any atom is -0.507 e. The van der Waals surface area contributed by atoms with Gasteiger partial charge in [-0.1, -0.05) is 60.2 Å². The molecule has 0 radical (unpaired) electrons. The molecule has 0 aliphatic carbocycles. The van der Waals surface area contributed by atoms with Crippen molar-refractivity contribution in [3.8, 4) is 11.5 Å². The number of ether oxygens (including phenoxy) is 1. The third-order valence-corrected chi connectivity index (χ3v) is 5.25. The highest BCUT2D eigenvalue weighted by Gasteiger charge is 2.41. The van der Waals surface area contributed by atoms with Crippen molar-refractivity contribution in [2.24, 2.45) is 5.10 Å². The molecule has 5 rings (SSSR count). The van der Waals surface area contributed by atoms with Gasteiger partial charge < -0.3 is 9.84 Å². The van der Waals surface area contributed by atoms with Gasteiger partial charge in [0.05, 0.1) is 11.8 Å². The first kappa shape index (κ1) is 15.9. The normalized spacial score (nSPS) is 20.5. The summed E-state index contributed by atoms with van der Waals surface area (Å²) in [5.74, 6) is 1.17. The van der Waals surface area contributed by atoms with Crippen LogP contribution in [-0.2, 0) is 0 Å². The number of rotatable bonds is 2. The third kappa shape index (κ3) is 2.65. The first-order chi connectivity index (χ1) is 13.2. The second-order valence-electron chi connectivity index (χ2n) is 7.09. The van der Waals surface area contributed by atoms with Crippen molar-refractivity contribution < 1.29 is 9.84 Å². The molecule has 0 amide bonds. The van der Waals surface area contributed by atoms with Gasteiger partial charge in [-0.15, -0.1) is 0 Å². The number of phenols is 1. The number of hydrogen-bond donors (Lipinski definition) is 1. The molecule has 0 saturated carbocycles. The predicted octanol–water partition coefficient (Wildman–Crippen LogP) is 4.94. The van der Waals surface area contributed by atoms with Gasteiger partial charge in [0, 0.05) is 23.1 Å². The molecule has 0 saturated heterocycles. The van der Waals surface area contributed by atoms with E-state index in [0.29, 0.717) is 0 Å². The summed E-state index contributed by atoms with van der Waals surface area (Å²) < 4.78 is 6.33. The Morgan fingerprint density at radius 3 is 2.63 bits per heavy atom. The van der Waals surface area contributed by atoms with E-state index < -0.39 is 0 Å². The smallest absolute Gasteiger partial charge is 0.213 e. The molecule has 0 spiro atoms. The average molecular weight is 356 g/mol. The lowest BCUT2D eigenvalue weighted by Gasteiger charge is -2.38. The number of hydrogen-bond acceptors (Lipinski definition) is 4. The van der Waals surface area contributed by atoms with Crippen LogP contribution < -0.4 is 4.74 Å². The molecule has 0 fully saturated rings. The van der Waals surface area contributed by atoms with Crippen molar-refractivity contribution in [2.45, 2.75) is 25.6 Å². The molecule has 3 aromatic carbocycles. The van der Waals surface area contributed by atoms with Crippen LogP contribution in [0.15, 0.2) is 77.9 Å². The van der Waals surface area contributed by atoms with E-state index in [2.05, 4.69) is 18.2 Å². The quantitative estimate of drug-likeness (QED) is 0.707. The number of nitrogens with zero attached hydrogens (tertiary/aromatic N) is 2. The summed E-state index contributed by atoms with van der Waals surface area (Å²) >= 11 is 0. The fourth-order valence-electron chi connectivity index (χ4n) is 3.92. The maximum Gasteiger partial charge on any atom is 0.213 e. The van der Waals surface area contributed by atoms with Crippen LogP contribution in [0.5, 0.6) is 11.5 Å². The maximum atomic E-state index is 10.4. The maximum absolute atomic E-state index is 10.4. The Labute approximate surface area is 158 Å². The Hall–Kier alpha value is -3.27. The number of aryl methyl sites for hydroxylation is 1. The molecule has 27 heavy (non-hydrogen) atoms. The summed E-state index contributed by atoms with van der Waals surface area (Å²) in [6.07, 6.45) is 0.455. The molecule has 0 aromatic heterocycles. The molecule has 4 nitrogen and oxygen atoms in total. The standard InChI is InChI=1S/C23H20N2O2/c1-15-11-12-21(26)18(13-15)19-14-20-17-9-5-6-10-22(17)27-23(25(20)24-19)16-7-3-2-4-8-16/h2-13,20,23,26H,14H2,1H3/t20-,23+/m1/s1. The lowest BCUT2D eigenvalue weighted by atomic mass is 9.95. The molecular formula is C23H20N2O2. The monoisotopic (exact) mass is 356 g/mol. The van der Waals surface area contributed by atoms with Crippen molar-refractivity contribution in [1.82, 2.24) is 5.01 Å². The summed E-state index contributed by atoms with van der Waals surface area (Å²) in [6.45, 7) is 2.02. The number of aromatic hydroxyl groups is 1. The fraction of sp³-hybridized carbons (Fsp3) is 0.174. The molecule has 2 atom stereocenters. The van der Waals surface area contributed by atoms with E-state index in [4.69, 9.17) is 9.84 Å². The topological polar surface area (TPSA) is 45.1 Å². The van der Waals surface area contributed by atoms with Crippen LogP contribution in [0.2, 0.25) is 0 Å². The van der Waals surface area contributed by atoms with Gasteiger partial charge in [-0.2, -0.15) is 5.10 Å². The zero-order chi connectivity index (χ0) is 18.4. The van der Waals surface area contributed by atoms with Gasteiger partial charge >= 0.3 is 0 Å². The van der Waals surface area contributed by atoms with Crippen molar-refractivity contribution in [1.29, 1.82) is 0 Å². The molecule has 2 aliphatic rings. The zero-order valence-corrected chi connectivity index (χ0v) is 15.0. The Morgan fingerprint density at radius 2 is 1.78 bits per heavy atom. The second-order valence-corrected chi connectivity index (χ2v) is 7.09. The molecule has 4 heteroatoms. The minimum atomic E-state index is -0.282. The summed E-state index contributed by atoms with van der Waals surface area (Å²) in [4.78, 5) is 0. The van der Waals surface area contributed by atoms with Crippen LogP contribution >= 0.6 is 0 Å². The van der Waals surface area contributed by atoms with Crippen LogP contribution in [-0.4, -0.2) is 15.8 Å². The molecule has 3 aromatic rings. The van der Waals surface area contributed by atoms with E-state index in [1.807, 2.05) is 60.5 Å². The van der Waals surface area contributed by atoms with Gasteiger partial charge in [-0.25, -0.2) is 5.01 Å². The van der Waals surface area contributed by atoms with Gasteiger partial charge in [-0.05, 0) is 25.1 Å². The van der Waals surface area contributed by atoms with E-state index in [9.17, 15) is 5.11 Å².